The van der Waals surface area contributed by atoms with Gasteiger partial charge in [0.2, 0.25) is 11.8 Å². The number of piperidine rings is 1. The number of pyridine rings is 1. The minimum Gasteiger partial charge on any atom is -0.481 e. The van der Waals surface area contributed by atoms with E-state index in [0.29, 0.717) is 25.1 Å². The number of carbonyl (C=O) groups is 2. The molecule has 0 bridgehead atoms. The van der Waals surface area contributed by atoms with Crippen molar-refractivity contribution in [3.8, 4) is 17.1 Å². The fraction of sp³-hybridized carbons (Fsp3) is 0.600. The predicted molar refractivity (Wildman–Crippen MR) is 125 cm³/mol. The number of ether oxygens (including phenoxy) is 1. The Morgan fingerprint density at radius 3 is 2.66 bits per heavy atom. The lowest BCUT2D eigenvalue weighted by molar-refractivity contribution is -0.209. The first-order valence-corrected chi connectivity index (χ1v) is 12.6. The molecular weight excluding hydrogens is 510 g/mol. The Hall–Kier alpha value is -3.22. The van der Waals surface area contributed by atoms with E-state index < -0.39 is 35.6 Å². The number of hydrogen-bond acceptors (Lipinski definition) is 6. The highest BCUT2D eigenvalue weighted by Crippen LogP contribution is 2.50. The summed E-state index contributed by atoms with van der Waals surface area (Å²) >= 11 is 0. The van der Waals surface area contributed by atoms with Crippen molar-refractivity contribution in [2.45, 2.75) is 68.8 Å². The van der Waals surface area contributed by atoms with Crippen LogP contribution in [0.4, 0.5) is 17.6 Å². The first kappa shape index (κ1) is 26.4. The van der Waals surface area contributed by atoms with Crippen molar-refractivity contribution >= 4 is 11.8 Å². The first-order valence-electron chi connectivity index (χ1n) is 12.6. The number of nitrogens with one attached hydrogen (secondary N) is 2. The highest BCUT2D eigenvalue weighted by Gasteiger charge is 2.55. The van der Waals surface area contributed by atoms with Gasteiger partial charge < -0.3 is 20.1 Å². The molecule has 9 nitrogen and oxygen atoms in total. The summed E-state index contributed by atoms with van der Waals surface area (Å²) in [6.45, 7) is 0.319. The van der Waals surface area contributed by atoms with Crippen LogP contribution in [0.5, 0.6) is 5.88 Å². The second kappa shape index (κ2) is 9.83. The third kappa shape index (κ3) is 5.07. The number of alkyl halides is 3. The van der Waals surface area contributed by atoms with E-state index in [-0.39, 0.29) is 54.1 Å². The lowest BCUT2D eigenvalue weighted by Crippen LogP contribution is -2.53. The number of aliphatic hydroxyl groups is 1. The summed E-state index contributed by atoms with van der Waals surface area (Å²) < 4.78 is 58.4. The van der Waals surface area contributed by atoms with Crippen LogP contribution >= 0.6 is 0 Å². The SMILES string of the molecule is COc1cc(-c2cc(C(=O)N3CC[C@H](C(=O)N[C@H]4CCC(C(F)(F)F)[C@@H](O)C4)CC34CC4)n[nH]2)c(F)cn1. The number of H-pyrrole nitrogens is 1. The summed E-state index contributed by atoms with van der Waals surface area (Å²) in [5.41, 5.74) is 0.108. The van der Waals surface area contributed by atoms with Crippen LogP contribution in [0.1, 0.15) is 55.4 Å². The van der Waals surface area contributed by atoms with Crippen molar-refractivity contribution in [3.05, 3.63) is 29.8 Å². The quantitative estimate of drug-likeness (QED) is 0.502. The molecule has 2 aliphatic carbocycles. The fourth-order valence-corrected chi connectivity index (χ4v) is 5.78. The van der Waals surface area contributed by atoms with Gasteiger partial charge in [0.05, 0.1) is 31.0 Å². The van der Waals surface area contributed by atoms with E-state index in [2.05, 4.69) is 20.5 Å². The maximum absolute atomic E-state index is 14.3. The van der Waals surface area contributed by atoms with E-state index in [4.69, 9.17) is 4.74 Å². The van der Waals surface area contributed by atoms with Gasteiger partial charge in [-0.3, -0.25) is 14.7 Å². The van der Waals surface area contributed by atoms with Crippen LogP contribution in [0.25, 0.3) is 11.3 Å². The lowest BCUT2D eigenvalue weighted by atomic mass is 9.82. The van der Waals surface area contributed by atoms with Crippen LogP contribution in [0.2, 0.25) is 0 Å². The van der Waals surface area contributed by atoms with Crippen LogP contribution < -0.4 is 10.1 Å². The van der Waals surface area contributed by atoms with Crippen molar-refractivity contribution < 1.29 is 37.0 Å². The zero-order valence-electron chi connectivity index (χ0n) is 20.7. The van der Waals surface area contributed by atoms with E-state index in [0.717, 1.165) is 19.0 Å². The molecule has 3 heterocycles. The summed E-state index contributed by atoms with van der Waals surface area (Å²) in [5.74, 6) is -3.11. The van der Waals surface area contributed by atoms with Gasteiger partial charge in [0.15, 0.2) is 11.5 Å². The monoisotopic (exact) mass is 539 g/mol. The number of aromatic amines is 1. The average molecular weight is 540 g/mol. The van der Waals surface area contributed by atoms with Gasteiger partial charge in [-0.15, -0.1) is 0 Å². The third-order valence-electron chi connectivity index (χ3n) is 8.05. The summed E-state index contributed by atoms with van der Waals surface area (Å²) in [5, 5.41) is 19.6. The molecule has 38 heavy (non-hydrogen) atoms. The van der Waals surface area contributed by atoms with Crippen molar-refractivity contribution in [2.24, 2.45) is 11.8 Å². The Kier molecular flexibility index (Phi) is 6.82. The Morgan fingerprint density at radius 2 is 2.00 bits per heavy atom. The van der Waals surface area contributed by atoms with Gasteiger partial charge >= 0.3 is 6.18 Å². The van der Waals surface area contributed by atoms with Gasteiger partial charge in [-0.25, -0.2) is 9.37 Å². The predicted octanol–water partition coefficient (Wildman–Crippen LogP) is 3.21. The summed E-state index contributed by atoms with van der Waals surface area (Å²) in [6.07, 6.45) is -2.89. The molecule has 3 fully saturated rings. The Bertz CT molecular complexity index is 1210. The number of aromatic nitrogens is 3. The number of hydrogen-bond donors (Lipinski definition) is 3. The molecule has 2 aromatic rings. The minimum absolute atomic E-state index is 0.125. The van der Waals surface area contributed by atoms with Crippen LogP contribution in [0, 0.1) is 17.7 Å². The van der Waals surface area contributed by atoms with E-state index in [9.17, 15) is 32.3 Å². The summed E-state index contributed by atoms with van der Waals surface area (Å²) in [7, 11) is 1.41. The summed E-state index contributed by atoms with van der Waals surface area (Å²) in [4.78, 5) is 31.8. The number of likely N-dealkylation sites (tertiary alicyclic amines) is 1. The van der Waals surface area contributed by atoms with Crippen molar-refractivity contribution in [3.63, 3.8) is 0 Å². The zero-order valence-corrected chi connectivity index (χ0v) is 20.7. The Labute approximate surface area is 215 Å². The molecule has 0 aromatic carbocycles. The Balaban J connectivity index is 1.21. The molecule has 3 N–H and O–H groups in total. The zero-order chi connectivity index (χ0) is 27.2. The highest BCUT2D eigenvalue weighted by molar-refractivity contribution is 5.94. The Morgan fingerprint density at radius 1 is 1.24 bits per heavy atom. The van der Waals surface area contributed by atoms with E-state index >= 15 is 0 Å². The molecule has 3 aliphatic rings. The second-order valence-corrected chi connectivity index (χ2v) is 10.5. The minimum atomic E-state index is -4.46. The van der Waals surface area contributed by atoms with Crippen LogP contribution in [0.3, 0.4) is 0 Å². The maximum atomic E-state index is 14.3. The molecule has 0 radical (unpaired) electrons. The van der Waals surface area contributed by atoms with Gasteiger partial charge in [-0.05, 0) is 51.0 Å². The molecule has 4 atom stereocenters. The van der Waals surface area contributed by atoms with Crippen LogP contribution in [-0.4, -0.2) is 74.5 Å². The molecule has 1 spiro atoms. The van der Waals surface area contributed by atoms with Gasteiger partial charge in [0, 0.05) is 35.7 Å². The number of aliphatic hydroxyl groups excluding tert-OH is 1. The molecule has 13 heteroatoms. The van der Waals surface area contributed by atoms with Gasteiger partial charge in [0.1, 0.15) is 0 Å². The molecule has 5 rings (SSSR count). The topological polar surface area (TPSA) is 120 Å². The van der Waals surface area contributed by atoms with E-state index in [1.165, 1.54) is 19.2 Å². The third-order valence-corrected chi connectivity index (χ3v) is 8.05. The normalized spacial score (nSPS) is 26.7. The lowest BCUT2D eigenvalue weighted by Gasteiger charge is -2.40. The molecule has 1 aliphatic heterocycles. The first-order chi connectivity index (χ1) is 18.0. The fourth-order valence-electron chi connectivity index (χ4n) is 5.78. The van der Waals surface area contributed by atoms with Crippen LogP contribution in [-0.2, 0) is 4.79 Å². The highest BCUT2D eigenvalue weighted by atomic mass is 19.4. The molecule has 2 aromatic heterocycles. The van der Waals surface area contributed by atoms with Gasteiger partial charge in [-0.2, -0.15) is 18.3 Å². The van der Waals surface area contributed by atoms with Crippen molar-refractivity contribution in [2.75, 3.05) is 13.7 Å². The number of methoxy groups -OCH3 is 1. The second-order valence-electron chi connectivity index (χ2n) is 10.5. The summed E-state index contributed by atoms with van der Waals surface area (Å²) in [6, 6.07) is 2.36. The molecule has 206 valence electrons. The number of nitrogens with zero attached hydrogens (tertiary/aromatic N) is 3. The van der Waals surface area contributed by atoms with Gasteiger partial charge in [0.25, 0.3) is 5.91 Å². The molecule has 2 amide bonds. The van der Waals surface area contributed by atoms with E-state index in [1.54, 1.807) is 4.90 Å². The molecular formula is C25H29F4N5O4. The molecule has 2 saturated carbocycles. The average Bonchev–Trinajstić information content (AvgIpc) is 3.44. The van der Waals surface area contributed by atoms with Crippen LogP contribution in [0.15, 0.2) is 18.3 Å². The number of halogens is 4. The molecule has 1 saturated heterocycles. The molecule has 1 unspecified atom stereocenters. The smallest absolute Gasteiger partial charge is 0.394 e. The number of rotatable bonds is 5. The van der Waals surface area contributed by atoms with Crippen molar-refractivity contribution in [1.29, 1.82) is 0 Å². The number of amides is 2. The standard InChI is InChI=1S/C25H29F4N5O4/c1-38-21-9-15(17(26)12-30-21)18-10-19(33-32-18)23(37)34-7-4-13(11-24(34)5-6-24)22(36)31-14-2-3-16(20(35)8-14)25(27,28)29/h9-10,12-14,16,20,35H,2-8,11H2,1H3,(H,31,36)(H,32,33)/t13-,14-,16?,20-/m0/s1. The van der Waals surface area contributed by atoms with E-state index in [1.807, 2.05) is 0 Å². The van der Waals surface area contributed by atoms with Crippen molar-refractivity contribution in [1.82, 2.24) is 25.4 Å². The van der Waals surface area contributed by atoms with Gasteiger partial charge in [-0.1, -0.05) is 0 Å². The largest absolute Gasteiger partial charge is 0.481 e. The number of carbonyl (C=O) groups excluding carboxylic acids is 2. The maximum Gasteiger partial charge on any atom is 0.394 e.